The average molecular weight is 287 g/mol. The van der Waals surface area contributed by atoms with Crippen molar-refractivity contribution in [1.29, 1.82) is 0 Å². The molecule has 0 aliphatic heterocycles. The van der Waals surface area contributed by atoms with E-state index in [9.17, 15) is 0 Å². The van der Waals surface area contributed by atoms with Crippen LogP contribution in [0, 0.1) is 6.92 Å². The van der Waals surface area contributed by atoms with Crippen LogP contribution < -0.4 is 0 Å². The van der Waals surface area contributed by atoms with Gasteiger partial charge in [-0.3, -0.25) is 0 Å². The molecule has 2 aromatic rings. The number of halogens is 1. The number of nitrogens with zero attached hydrogens (tertiary/aromatic N) is 2. The van der Waals surface area contributed by atoms with E-state index in [4.69, 9.17) is 16.6 Å². The smallest absolute Gasteiger partial charge is 0.136 e. The first-order valence-corrected chi connectivity index (χ1v) is 7.54. The Balaban J connectivity index is 1.94. The summed E-state index contributed by atoms with van der Waals surface area (Å²) in [6, 6.07) is 8.60. The predicted molar refractivity (Wildman–Crippen MR) is 82.5 cm³/mol. The first-order valence-electron chi connectivity index (χ1n) is 7.17. The lowest BCUT2D eigenvalue weighted by Gasteiger charge is -2.15. The van der Waals surface area contributed by atoms with Gasteiger partial charge in [-0.1, -0.05) is 49.7 Å². The highest BCUT2D eigenvalue weighted by atomic mass is 35.5. The molecule has 3 heteroatoms. The molecule has 0 amide bonds. The van der Waals surface area contributed by atoms with Crippen LogP contribution in [0.5, 0.6) is 0 Å². The van der Waals surface area contributed by atoms with E-state index in [1.807, 2.05) is 6.92 Å². The molecule has 1 aromatic carbocycles. The second kappa shape index (κ2) is 5.17. The fourth-order valence-corrected chi connectivity index (χ4v) is 3.59. The molecule has 104 valence electrons. The Bertz CT molecular complexity index is 601. The van der Waals surface area contributed by atoms with Crippen molar-refractivity contribution in [2.24, 2.45) is 0 Å². The molecule has 3 rings (SSSR count). The zero-order valence-corrected chi connectivity index (χ0v) is 12.9. The Morgan fingerprint density at radius 1 is 1.10 bits per heavy atom. The maximum atomic E-state index is 6.37. The lowest BCUT2D eigenvalue weighted by atomic mass is 10.0. The minimum atomic E-state index is 0.359. The van der Waals surface area contributed by atoms with Gasteiger partial charge >= 0.3 is 0 Å². The van der Waals surface area contributed by atoms with E-state index in [0.29, 0.717) is 17.0 Å². The molecule has 1 aliphatic rings. The van der Waals surface area contributed by atoms with Crippen molar-refractivity contribution in [3.05, 3.63) is 57.6 Å². The van der Waals surface area contributed by atoms with Gasteiger partial charge < -0.3 is 0 Å². The number of aryl methyl sites for hydroxylation is 1. The van der Waals surface area contributed by atoms with E-state index >= 15 is 0 Å². The van der Waals surface area contributed by atoms with E-state index in [1.165, 1.54) is 11.1 Å². The highest BCUT2D eigenvalue weighted by Crippen LogP contribution is 2.34. The van der Waals surface area contributed by atoms with Gasteiger partial charge in [-0.15, -0.1) is 0 Å². The standard InChI is InChI=1S/C17H19ClN2/c1-10(2)15-11(3)19-17(20-16(15)18)14-8-12-6-4-5-7-13(12)9-14/h4-7,10,14H,8-9H2,1-3H3. The Hall–Kier alpha value is -1.41. The van der Waals surface area contributed by atoms with Crippen LogP contribution >= 0.6 is 11.6 Å². The summed E-state index contributed by atoms with van der Waals surface area (Å²) in [5.41, 5.74) is 4.93. The first-order chi connectivity index (χ1) is 9.56. The molecular formula is C17H19ClN2. The van der Waals surface area contributed by atoms with E-state index in [0.717, 1.165) is 29.9 Å². The van der Waals surface area contributed by atoms with Gasteiger partial charge in [-0.05, 0) is 36.8 Å². The van der Waals surface area contributed by atoms with E-state index in [2.05, 4.69) is 43.1 Å². The van der Waals surface area contributed by atoms with Gasteiger partial charge in [-0.25, -0.2) is 9.97 Å². The molecule has 0 saturated heterocycles. The molecule has 0 bridgehead atoms. The van der Waals surface area contributed by atoms with Crippen molar-refractivity contribution >= 4 is 11.6 Å². The first kappa shape index (κ1) is 13.6. The van der Waals surface area contributed by atoms with Crippen molar-refractivity contribution in [2.75, 3.05) is 0 Å². The predicted octanol–water partition coefficient (Wildman–Crippen LogP) is 4.44. The third-order valence-corrected chi connectivity index (χ3v) is 4.39. The minimum Gasteiger partial charge on any atom is -0.238 e. The van der Waals surface area contributed by atoms with Crippen molar-refractivity contribution in [3.8, 4) is 0 Å². The molecule has 0 unspecified atom stereocenters. The molecule has 0 spiro atoms. The van der Waals surface area contributed by atoms with Gasteiger partial charge in [0.05, 0.1) is 0 Å². The van der Waals surface area contributed by atoms with Crippen LogP contribution in [0.25, 0.3) is 0 Å². The van der Waals surface area contributed by atoms with Crippen LogP contribution in [0.4, 0.5) is 0 Å². The van der Waals surface area contributed by atoms with Crippen molar-refractivity contribution in [2.45, 2.75) is 45.4 Å². The maximum Gasteiger partial charge on any atom is 0.136 e. The third kappa shape index (κ3) is 2.33. The number of hydrogen-bond donors (Lipinski definition) is 0. The van der Waals surface area contributed by atoms with Gasteiger partial charge in [-0.2, -0.15) is 0 Å². The second-order valence-corrected chi connectivity index (χ2v) is 6.26. The van der Waals surface area contributed by atoms with Crippen LogP contribution in [-0.2, 0) is 12.8 Å². The largest absolute Gasteiger partial charge is 0.238 e. The van der Waals surface area contributed by atoms with Crippen molar-refractivity contribution < 1.29 is 0 Å². The lowest BCUT2D eigenvalue weighted by Crippen LogP contribution is -2.09. The molecule has 0 N–H and O–H groups in total. The van der Waals surface area contributed by atoms with Gasteiger partial charge in [0, 0.05) is 17.2 Å². The Kier molecular flexibility index (Phi) is 3.51. The summed E-state index contributed by atoms with van der Waals surface area (Å²) in [5, 5.41) is 0.624. The second-order valence-electron chi connectivity index (χ2n) is 5.90. The number of rotatable bonds is 2. The molecule has 0 atom stereocenters. The zero-order valence-electron chi connectivity index (χ0n) is 12.2. The quantitative estimate of drug-likeness (QED) is 0.763. The average Bonchev–Trinajstić information content (AvgIpc) is 2.81. The summed E-state index contributed by atoms with van der Waals surface area (Å²) < 4.78 is 0. The van der Waals surface area contributed by atoms with Crippen molar-refractivity contribution in [3.63, 3.8) is 0 Å². The number of aromatic nitrogens is 2. The fraction of sp³-hybridized carbons (Fsp3) is 0.412. The van der Waals surface area contributed by atoms with Crippen molar-refractivity contribution in [1.82, 2.24) is 9.97 Å². The SMILES string of the molecule is Cc1nc(C2Cc3ccccc3C2)nc(Cl)c1C(C)C. The third-order valence-electron chi connectivity index (χ3n) is 4.10. The summed E-state index contributed by atoms with van der Waals surface area (Å²) in [6.07, 6.45) is 2.04. The number of benzene rings is 1. The summed E-state index contributed by atoms with van der Waals surface area (Å²) >= 11 is 6.37. The maximum absolute atomic E-state index is 6.37. The summed E-state index contributed by atoms with van der Waals surface area (Å²) in [7, 11) is 0. The van der Waals surface area contributed by atoms with Gasteiger partial charge in [0.15, 0.2) is 0 Å². The van der Waals surface area contributed by atoms with E-state index < -0.39 is 0 Å². The number of fused-ring (bicyclic) bond motifs is 1. The fourth-order valence-electron chi connectivity index (χ4n) is 3.15. The molecule has 2 nitrogen and oxygen atoms in total. The molecule has 20 heavy (non-hydrogen) atoms. The Labute approximate surface area is 125 Å². The van der Waals surface area contributed by atoms with Gasteiger partial charge in [0.25, 0.3) is 0 Å². The molecular weight excluding hydrogens is 268 g/mol. The molecule has 1 aliphatic carbocycles. The highest BCUT2D eigenvalue weighted by Gasteiger charge is 2.26. The molecule has 0 radical (unpaired) electrons. The van der Waals surface area contributed by atoms with Crippen LogP contribution in [0.2, 0.25) is 5.15 Å². The summed E-state index contributed by atoms with van der Waals surface area (Å²) in [6.45, 7) is 6.29. The molecule has 1 heterocycles. The zero-order chi connectivity index (χ0) is 14.3. The topological polar surface area (TPSA) is 25.8 Å². The van der Waals surface area contributed by atoms with Crippen LogP contribution in [0.1, 0.15) is 53.9 Å². The monoisotopic (exact) mass is 286 g/mol. The van der Waals surface area contributed by atoms with Crippen LogP contribution in [0.3, 0.4) is 0 Å². The minimum absolute atomic E-state index is 0.359. The highest BCUT2D eigenvalue weighted by molar-refractivity contribution is 6.30. The Morgan fingerprint density at radius 3 is 2.20 bits per heavy atom. The molecule has 0 saturated carbocycles. The summed E-state index contributed by atoms with van der Waals surface area (Å²) in [4.78, 5) is 9.30. The number of hydrogen-bond acceptors (Lipinski definition) is 2. The van der Waals surface area contributed by atoms with Gasteiger partial charge in [0.1, 0.15) is 11.0 Å². The van der Waals surface area contributed by atoms with Crippen LogP contribution in [-0.4, -0.2) is 9.97 Å². The summed E-state index contributed by atoms with van der Waals surface area (Å²) in [5.74, 6) is 1.62. The van der Waals surface area contributed by atoms with E-state index in [1.54, 1.807) is 0 Å². The van der Waals surface area contributed by atoms with Gasteiger partial charge in [0.2, 0.25) is 0 Å². The van der Waals surface area contributed by atoms with Crippen LogP contribution in [0.15, 0.2) is 24.3 Å². The lowest BCUT2D eigenvalue weighted by molar-refractivity contribution is 0.669. The Morgan fingerprint density at radius 2 is 1.70 bits per heavy atom. The molecule has 1 aromatic heterocycles. The van der Waals surface area contributed by atoms with E-state index in [-0.39, 0.29) is 0 Å². The molecule has 0 fully saturated rings. The normalized spacial score (nSPS) is 14.8.